The molecule has 0 spiro atoms. The van der Waals surface area contributed by atoms with Gasteiger partial charge in [0.1, 0.15) is 23.9 Å². The van der Waals surface area contributed by atoms with Crippen molar-refractivity contribution in [1.29, 1.82) is 0 Å². The topological polar surface area (TPSA) is 98.6 Å². The van der Waals surface area contributed by atoms with Crippen molar-refractivity contribution in [2.24, 2.45) is 0 Å². The van der Waals surface area contributed by atoms with Crippen LogP contribution in [0.1, 0.15) is 52.1 Å². The van der Waals surface area contributed by atoms with Gasteiger partial charge in [-0.05, 0) is 63.4 Å². The Kier molecular flexibility index (Phi) is 9.41. The summed E-state index contributed by atoms with van der Waals surface area (Å²) in [6.45, 7) is 9.25. The van der Waals surface area contributed by atoms with Crippen LogP contribution in [0.4, 0.5) is 0 Å². The van der Waals surface area contributed by atoms with E-state index in [0.717, 1.165) is 11.9 Å². The van der Waals surface area contributed by atoms with Gasteiger partial charge in [-0.1, -0.05) is 36.4 Å². The Balaban J connectivity index is 1.99. The van der Waals surface area contributed by atoms with Crippen LogP contribution >= 0.6 is 0 Å². The van der Waals surface area contributed by atoms with E-state index in [1.165, 1.54) is 0 Å². The quantitative estimate of drug-likeness (QED) is 0.363. The molecule has 0 bridgehead atoms. The molecule has 0 saturated carbocycles. The fourth-order valence-electron chi connectivity index (χ4n) is 3.91. The van der Waals surface area contributed by atoms with Gasteiger partial charge in [0.05, 0.1) is 12.6 Å². The predicted octanol–water partition coefficient (Wildman–Crippen LogP) is 3.74. The van der Waals surface area contributed by atoms with E-state index in [0.29, 0.717) is 43.0 Å². The number of ether oxygens (including phenoxy) is 2. The van der Waals surface area contributed by atoms with Crippen LogP contribution in [-0.4, -0.2) is 64.1 Å². The van der Waals surface area contributed by atoms with Crippen LogP contribution < -0.4 is 10.1 Å². The van der Waals surface area contributed by atoms with Crippen LogP contribution in [0.2, 0.25) is 0 Å². The summed E-state index contributed by atoms with van der Waals surface area (Å²) in [5.74, 6) is 0.131. The number of hydrogen-bond acceptors (Lipinski definition) is 6. The number of fused-ring (bicyclic) bond motifs is 1. The molecule has 1 N–H and O–H groups in total. The maximum Gasteiger partial charge on any atom is 0.247 e. The monoisotopic (exact) mass is 495 g/mol. The first kappa shape index (κ1) is 27.1. The van der Waals surface area contributed by atoms with Crippen LogP contribution in [0.5, 0.6) is 5.75 Å². The first-order valence-electron chi connectivity index (χ1n) is 12.4. The van der Waals surface area contributed by atoms with Crippen molar-refractivity contribution in [3.8, 4) is 5.75 Å². The second-order valence-electron chi connectivity index (χ2n) is 9.28. The summed E-state index contributed by atoms with van der Waals surface area (Å²) >= 11 is 0. The molecule has 1 atom stereocenters. The lowest BCUT2D eigenvalue weighted by atomic mass is 9.98. The number of hydrogen-bond donors (Lipinski definition) is 1. The smallest absolute Gasteiger partial charge is 0.247 e. The molecule has 0 aliphatic carbocycles. The molecule has 0 radical (unpaired) electrons. The van der Waals surface area contributed by atoms with Crippen LogP contribution in [0, 0.1) is 0 Å². The predicted molar refractivity (Wildman–Crippen MR) is 139 cm³/mol. The summed E-state index contributed by atoms with van der Waals surface area (Å²) in [4.78, 5) is 29.2. The third-order valence-corrected chi connectivity index (χ3v) is 6.23. The van der Waals surface area contributed by atoms with Crippen molar-refractivity contribution in [1.82, 2.24) is 25.2 Å². The highest BCUT2D eigenvalue weighted by Crippen LogP contribution is 2.27. The number of benzene rings is 2. The van der Waals surface area contributed by atoms with E-state index in [1.54, 1.807) is 22.8 Å². The zero-order valence-corrected chi connectivity index (χ0v) is 21.9. The fourth-order valence-corrected chi connectivity index (χ4v) is 3.91. The minimum Gasteiger partial charge on any atom is -0.497 e. The van der Waals surface area contributed by atoms with Crippen molar-refractivity contribution >= 4 is 22.8 Å². The van der Waals surface area contributed by atoms with Gasteiger partial charge < -0.3 is 19.7 Å². The molecular formula is C27H37N5O4. The zero-order chi connectivity index (χ0) is 26.1. The van der Waals surface area contributed by atoms with E-state index >= 15 is 0 Å². The Morgan fingerprint density at radius 2 is 1.92 bits per heavy atom. The summed E-state index contributed by atoms with van der Waals surface area (Å²) in [5, 5.41) is 11.5. The largest absolute Gasteiger partial charge is 0.497 e. The lowest BCUT2D eigenvalue weighted by Crippen LogP contribution is -2.51. The molecule has 1 aromatic heterocycles. The number of nitrogens with one attached hydrogen (secondary N) is 1. The second kappa shape index (κ2) is 12.5. The molecule has 9 nitrogen and oxygen atoms in total. The number of rotatable bonds is 13. The Morgan fingerprint density at radius 1 is 1.14 bits per heavy atom. The van der Waals surface area contributed by atoms with Crippen molar-refractivity contribution in [3.05, 3.63) is 54.1 Å². The Bertz CT molecular complexity index is 1160. The van der Waals surface area contributed by atoms with Gasteiger partial charge in [-0.15, -0.1) is 5.10 Å². The van der Waals surface area contributed by atoms with Crippen molar-refractivity contribution in [2.45, 2.75) is 58.7 Å². The second-order valence-corrected chi connectivity index (χ2v) is 9.28. The van der Waals surface area contributed by atoms with Gasteiger partial charge in [0.25, 0.3) is 0 Å². The first-order valence-corrected chi connectivity index (χ1v) is 12.4. The molecule has 0 saturated heterocycles. The number of carbonyl (C=O) groups is 2. The van der Waals surface area contributed by atoms with Crippen LogP contribution in [0.15, 0.2) is 48.5 Å². The summed E-state index contributed by atoms with van der Waals surface area (Å²) in [5.41, 5.74) is 1.71. The van der Waals surface area contributed by atoms with Crippen molar-refractivity contribution < 1.29 is 19.1 Å². The minimum atomic E-state index is -0.852. The molecule has 9 heteroatoms. The SMILES string of the molecule is CCOCCCN(C(=O)Cn1nnc2ccccc21)[C@H](C(=O)NC(C)(C)CC)c1cccc(OC)c1. The lowest BCUT2D eigenvalue weighted by Gasteiger charge is -2.34. The molecule has 36 heavy (non-hydrogen) atoms. The van der Waals surface area contributed by atoms with Gasteiger partial charge >= 0.3 is 0 Å². The van der Waals surface area contributed by atoms with Gasteiger partial charge in [0, 0.05) is 25.3 Å². The Morgan fingerprint density at radius 3 is 2.64 bits per heavy atom. The van der Waals surface area contributed by atoms with Gasteiger partial charge in [-0.3, -0.25) is 9.59 Å². The summed E-state index contributed by atoms with van der Waals surface area (Å²) in [6.07, 6.45) is 1.33. The van der Waals surface area contributed by atoms with Gasteiger partial charge in [0.2, 0.25) is 11.8 Å². The summed E-state index contributed by atoms with van der Waals surface area (Å²) < 4.78 is 12.5. The number of aromatic nitrogens is 3. The fraction of sp³-hybridized carbons (Fsp3) is 0.481. The molecule has 2 amide bonds. The highest BCUT2D eigenvalue weighted by Gasteiger charge is 2.34. The van der Waals surface area contributed by atoms with E-state index < -0.39 is 11.6 Å². The maximum absolute atomic E-state index is 13.8. The Hall–Kier alpha value is -3.46. The van der Waals surface area contributed by atoms with Crippen LogP contribution in [-0.2, 0) is 20.9 Å². The van der Waals surface area contributed by atoms with Crippen LogP contribution in [0.3, 0.4) is 0 Å². The van der Waals surface area contributed by atoms with Gasteiger partial charge in [0.15, 0.2) is 0 Å². The first-order chi connectivity index (χ1) is 17.3. The average Bonchev–Trinajstić information content (AvgIpc) is 3.28. The summed E-state index contributed by atoms with van der Waals surface area (Å²) in [7, 11) is 1.58. The number of nitrogens with zero attached hydrogens (tertiary/aromatic N) is 4. The highest BCUT2D eigenvalue weighted by atomic mass is 16.5. The van der Waals surface area contributed by atoms with E-state index in [9.17, 15) is 9.59 Å². The highest BCUT2D eigenvalue weighted by molar-refractivity contribution is 5.89. The molecule has 0 fully saturated rings. The number of para-hydroxylation sites is 1. The molecule has 0 aliphatic rings. The third-order valence-electron chi connectivity index (χ3n) is 6.23. The van der Waals surface area contributed by atoms with Gasteiger partial charge in [-0.25, -0.2) is 4.68 Å². The molecule has 2 aromatic carbocycles. The van der Waals surface area contributed by atoms with Crippen molar-refractivity contribution in [2.75, 3.05) is 26.9 Å². The van der Waals surface area contributed by atoms with Crippen LogP contribution in [0.25, 0.3) is 11.0 Å². The number of amides is 2. The van der Waals surface area contributed by atoms with Crippen molar-refractivity contribution in [3.63, 3.8) is 0 Å². The maximum atomic E-state index is 13.8. The van der Waals surface area contributed by atoms with E-state index in [1.807, 2.05) is 70.2 Å². The molecular weight excluding hydrogens is 458 g/mol. The molecule has 194 valence electrons. The normalized spacial score (nSPS) is 12.4. The molecule has 0 unspecified atom stereocenters. The third kappa shape index (κ3) is 6.81. The summed E-state index contributed by atoms with van der Waals surface area (Å²) in [6, 6.07) is 13.9. The molecule has 3 aromatic rings. The Labute approximate surface area is 212 Å². The molecule has 3 rings (SSSR count). The van der Waals surface area contributed by atoms with E-state index in [2.05, 4.69) is 15.6 Å². The molecule has 1 heterocycles. The number of carbonyl (C=O) groups excluding carboxylic acids is 2. The zero-order valence-electron chi connectivity index (χ0n) is 21.9. The standard InChI is InChI=1S/C27H37N5O4/c1-6-27(3,4)28-26(34)25(20-12-10-13-21(18-20)35-5)31(16-11-17-36-7-2)24(33)19-32-23-15-9-8-14-22(23)29-30-32/h8-10,12-15,18,25H,6-7,11,16-17,19H2,1-5H3,(H,28,34)/t25-/m0/s1. The molecule has 0 aliphatic heterocycles. The average molecular weight is 496 g/mol. The van der Waals surface area contributed by atoms with E-state index in [-0.39, 0.29) is 18.4 Å². The van der Waals surface area contributed by atoms with E-state index in [4.69, 9.17) is 9.47 Å². The minimum absolute atomic E-state index is 0.0416. The number of methoxy groups -OCH3 is 1. The van der Waals surface area contributed by atoms with Gasteiger partial charge in [-0.2, -0.15) is 0 Å². The lowest BCUT2D eigenvalue weighted by molar-refractivity contribution is -0.142.